The number of carbonyl (C=O) groups excluding carboxylic acids is 1. The van der Waals surface area contributed by atoms with Crippen LogP contribution in [0.2, 0.25) is 0 Å². The number of hydrogen-bond acceptors (Lipinski definition) is 3. The van der Waals surface area contributed by atoms with E-state index in [2.05, 4.69) is 10.3 Å². The summed E-state index contributed by atoms with van der Waals surface area (Å²) in [6.45, 7) is 0. The van der Waals surface area contributed by atoms with Crippen LogP contribution < -0.4 is 10.9 Å². The van der Waals surface area contributed by atoms with Gasteiger partial charge in [0.25, 0.3) is 5.91 Å². The highest BCUT2D eigenvalue weighted by Gasteiger charge is 2.22. The number of amides is 1. The Hall–Kier alpha value is -3.41. The third kappa shape index (κ3) is 3.74. The molecule has 3 rings (SSSR count). The molecule has 1 aromatic heterocycles. The second kappa shape index (κ2) is 7.00. The molecule has 25 heavy (non-hydrogen) atoms. The highest BCUT2D eigenvalue weighted by Crippen LogP contribution is 2.15. The summed E-state index contributed by atoms with van der Waals surface area (Å²) in [5.41, 5.74) is 1.05. The summed E-state index contributed by atoms with van der Waals surface area (Å²) in [7, 11) is 0. The fourth-order valence-electron chi connectivity index (χ4n) is 2.68. The number of para-hydroxylation sites is 1. The van der Waals surface area contributed by atoms with Gasteiger partial charge in [-0.1, -0.05) is 48.5 Å². The van der Waals surface area contributed by atoms with E-state index in [9.17, 15) is 19.5 Å². The van der Waals surface area contributed by atoms with Crippen molar-refractivity contribution in [3.05, 3.63) is 82.1 Å². The maximum atomic E-state index is 12.6. The summed E-state index contributed by atoms with van der Waals surface area (Å²) >= 11 is 0. The lowest BCUT2D eigenvalue weighted by Gasteiger charge is -2.15. The first-order valence-electron chi connectivity index (χ1n) is 7.74. The second-order valence-electron chi connectivity index (χ2n) is 5.65. The Morgan fingerprint density at radius 1 is 1.04 bits per heavy atom. The van der Waals surface area contributed by atoms with Crippen LogP contribution >= 0.6 is 0 Å². The van der Waals surface area contributed by atoms with Crippen molar-refractivity contribution in [1.29, 1.82) is 0 Å². The number of rotatable bonds is 5. The number of carbonyl (C=O) groups is 2. The van der Waals surface area contributed by atoms with Gasteiger partial charge in [-0.2, -0.15) is 0 Å². The molecular weight excluding hydrogens is 320 g/mol. The zero-order chi connectivity index (χ0) is 17.8. The quantitative estimate of drug-likeness (QED) is 0.663. The van der Waals surface area contributed by atoms with Crippen LogP contribution in [0, 0.1) is 0 Å². The number of pyridine rings is 1. The Kier molecular flexibility index (Phi) is 4.61. The first-order valence-corrected chi connectivity index (χ1v) is 7.74. The smallest absolute Gasteiger partial charge is 0.326 e. The summed E-state index contributed by atoms with van der Waals surface area (Å²) in [5.74, 6) is -1.73. The largest absolute Gasteiger partial charge is 0.480 e. The van der Waals surface area contributed by atoms with Gasteiger partial charge in [-0.3, -0.25) is 9.59 Å². The van der Waals surface area contributed by atoms with Crippen LogP contribution in [0.5, 0.6) is 0 Å². The van der Waals surface area contributed by atoms with Crippen molar-refractivity contribution in [3.63, 3.8) is 0 Å². The Bertz CT molecular complexity index is 979. The number of aromatic amines is 1. The molecule has 2 aromatic carbocycles. The number of nitrogens with one attached hydrogen (secondary N) is 2. The maximum Gasteiger partial charge on any atom is 0.326 e. The molecule has 0 aliphatic heterocycles. The molecule has 0 bridgehead atoms. The summed E-state index contributed by atoms with van der Waals surface area (Å²) in [5, 5.41) is 12.5. The monoisotopic (exact) mass is 336 g/mol. The summed E-state index contributed by atoms with van der Waals surface area (Å²) < 4.78 is 0. The molecule has 3 N–H and O–H groups in total. The molecule has 0 saturated carbocycles. The van der Waals surface area contributed by atoms with Gasteiger partial charge in [0.1, 0.15) is 6.04 Å². The van der Waals surface area contributed by atoms with E-state index in [-0.39, 0.29) is 12.0 Å². The summed E-state index contributed by atoms with van der Waals surface area (Å²) in [4.78, 5) is 38.5. The molecule has 6 heteroatoms. The molecule has 6 nitrogen and oxygen atoms in total. The topological polar surface area (TPSA) is 99.3 Å². The first kappa shape index (κ1) is 16.4. The van der Waals surface area contributed by atoms with Crippen LogP contribution in [0.1, 0.15) is 15.9 Å². The highest BCUT2D eigenvalue weighted by molar-refractivity contribution is 6.06. The first-order chi connectivity index (χ1) is 12.0. The van der Waals surface area contributed by atoms with E-state index in [0.29, 0.717) is 10.9 Å². The number of carboxylic acid groups (broad SMARTS) is 1. The van der Waals surface area contributed by atoms with Crippen molar-refractivity contribution in [2.45, 2.75) is 12.5 Å². The van der Waals surface area contributed by atoms with Gasteiger partial charge in [0.15, 0.2) is 0 Å². The lowest BCUT2D eigenvalue weighted by Crippen LogP contribution is -2.42. The van der Waals surface area contributed by atoms with E-state index in [1.165, 1.54) is 6.07 Å². The molecule has 0 saturated heterocycles. The van der Waals surface area contributed by atoms with Crippen LogP contribution in [-0.4, -0.2) is 28.0 Å². The predicted molar refractivity (Wildman–Crippen MR) is 93.6 cm³/mol. The molecule has 0 aliphatic rings. The van der Waals surface area contributed by atoms with Crippen molar-refractivity contribution in [2.24, 2.45) is 0 Å². The number of fused-ring (bicyclic) bond motifs is 1. The lowest BCUT2D eigenvalue weighted by molar-refractivity contribution is -0.139. The summed E-state index contributed by atoms with van der Waals surface area (Å²) in [6.07, 6.45) is 0.156. The van der Waals surface area contributed by atoms with Gasteiger partial charge in [-0.05, 0) is 11.6 Å². The Morgan fingerprint density at radius 2 is 1.72 bits per heavy atom. The van der Waals surface area contributed by atoms with Gasteiger partial charge < -0.3 is 15.4 Å². The average molecular weight is 336 g/mol. The molecule has 0 radical (unpaired) electrons. The van der Waals surface area contributed by atoms with Crippen LogP contribution in [0.25, 0.3) is 10.9 Å². The highest BCUT2D eigenvalue weighted by atomic mass is 16.4. The van der Waals surface area contributed by atoms with Crippen molar-refractivity contribution >= 4 is 22.8 Å². The standard InChI is InChI=1S/C19H16N2O4/c22-17-11-14(13-8-4-5-9-15(13)20-17)18(23)21-16(19(24)25)10-12-6-2-1-3-7-12/h1-9,11,16H,10H2,(H,20,22)(H,21,23)(H,24,25)/t16-/m1/s1. The van der Waals surface area contributed by atoms with Crippen LogP contribution in [0.4, 0.5) is 0 Å². The molecule has 1 amide bonds. The average Bonchev–Trinajstić information content (AvgIpc) is 2.61. The number of aromatic nitrogens is 1. The van der Waals surface area contributed by atoms with E-state index >= 15 is 0 Å². The van der Waals surface area contributed by atoms with Crippen LogP contribution in [0.3, 0.4) is 0 Å². The van der Waals surface area contributed by atoms with Crippen LogP contribution in [-0.2, 0) is 11.2 Å². The molecule has 126 valence electrons. The number of aliphatic carboxylic acids is 1. The number of carboxylic acids is 1. The van der Waals surface area contributed by atoms with Crippen molar-refractivity contribution < 1.29 is 14.7 Å². The normalized spacial score (nSPS) is 11.8. The molecule has 1 atom stereocenters. The Labute approximate surface area is 143 Å². The third-order valence-corrected chi connectivity index (χ3v) is 3.88. The van der Waals surface area contributed by atoms with Gasteiger partial charge >= 0.3 is 5.97 Å². The molecule has 0 fully saturated rings. The number of H-pyrrole nitrogens is 1. The number of benzene rings is 2. The van der Waals surface area contributed by atoms with E-state index in [0.717, 1.165) is 5.56 Å². The lowest BCUT2D eigenvalue weighted by atomic mass is 10.0. The van der Waals surface area contributed by atoms with Gasteiger partial charge in [-0.25, -0.2) is 4.79 Å². The van der Waals surface area contributed by atoms with Gasteiger partial charge in [0, 0.05) is 23.4 Å². The zero-order valence-corrected chi connectivity index (χ0v) is 13.2. The number of hydrogen-bond donors (Lipinski definition) is 3. The van der Waals surface area contributed by atoms with E-state index in [1.807, 2.05) is 6.07 Å². The van der Waals surface area contributed by atoms with E-state index in [1.54, 1.807) is 48.5 Å². The second-order valence-corrected chi connectivity index (χ2v) is 5.65. The molecular formula is C19H16N2O4. The minimum atomic E-state index is -1.13. The zero-order valence-electron chi connectivity index (χ0n) is 13.2. The van der Waals surface area contributed by atoms with Crippen molar-refractivity contribution in [2.75, 3.05) is 0 Å². The Morgan fingerprint density at radius 3 is 2.44 bits per heavy atom. The van der Waals surface area contributed by atoms with Crippen LogP contribution in [0.15, 0.2) is 65.5 Å². The minimum Gasteiger partial charge on any atom is -0.480 e. The summed E-state index contributed by atoms with van der Waals surface area (Å²) in [6, 6.07) is 16.0. The molecule has 1 heterocycles. The fourth-order valence-corrected chi connectivity index (χ4v) is 2.68. The van der Waals surface area contributed by atoms with Gasteiger partial charge in [-0.15, -0.1) is 0 Å². The Balaban J connectivity index is 1.90. The van der Waals surface area contributed by atoms with E-state index < -0.39 is 23.5 Å². The van der Waals surface area contributed by atoms with Gasteiger partial charge in [0.2, 0.25) is 5.56 Å². The molecule has 0 unspecified atom stereocenters. The molecule has 0 spiro atoms. The molecule has 0 aliphatic carbocycles. The fraction of sp³-hybridized carbons (Fsp3) is 0.105. The van der Waals surface area contributed by atoms with Gasteiger partial charge in [0.05, 0.1) is 5.56 Å². The predicted octanol–water partition coefficient (Wildman–Crippen LogP) is 1.95. The SMILES string of the molecule is O=C(N[C@H](Cc1ccccc1)C(=O)O)c1cc(=O)[nH]c2ccccc12. The van der Waals surface area contributed by atoms with Crippen molar-refractivity contribution in [1.82, 2.24) is 10.3 Å². The van der Waals surface area contributed by atoms with E-state index in [4.69, 9.17) is 0 Å². The third-order valence-electron chi connectivity index (χ3n) is 3.88. The minimum absolute atomic E-state index is 0.152. The molecule has 3 aromatic rings. The maximum absolute atomic E-state index is 12.6. The van der Waals surface area contributed by atoms with Crippen molar-refractivity contribution in [3.8, 4) is 0 Å².